The van der Waals surface area contributed by atoms with E-state index in [9.17, 15) is 10.1 Å². The zero-order chi connectivity index (χ0) is 19.9. The molecule has 0 saturated heterocycles. The van der Waals surface area contributed by atoms with Crippen molar-refractivity contribution in [2.75, 3.05) is 0 Å². The molecule has 0 radical (unpaired) electrons. The molecule has 7 nitrogen and oxygen atoms in total. The molecule has 0 aliphatic heterocycles. The van der Waals surface area contributed by atoms with Crippen LogP contribution < -0.4 is 10.7 Å². The first-order valence-corrected chi connectivity index (χ1v) is 8.96. The highest BCUT2D eigenvalue weighted by atomic mass is 35.5. The number of thiocarbonyl (C=S) groups is 1. The molecule has 9 heteroatoms. The lowest BCUT2D eigenvalue weighted by Gasteiger charge is -2.06. The van der Waals surface area contributed by atoms with Crippen LogP contribution in [0.25, 0.3) is 11.3 Å². The molecule has 0 unspecified atom stereocenters. The van der Waals surface area contributed by atoms with E-state index in [1.165, 1.54) is 18.3 Å². The summed E-state index contributed by atoms with van der Waals surface area (Å²) in [6.07, 6.45) is 1.47. The highest BCUT2D eigenvalue weighted by Gasteiger charge is 2.13. The van der Waals surface area contributed by atoms with E-state index >= 15 is 0 Å². The quantitative estimate of drug-likeness (QED) is 0.267. The second kappa shape index (κ2) is 9.12. The summed E-state index contributed by atoms with van der Waals surface area (Å²) in [5.74, 6) is 0.953. The maximum Gasteiger partial charge on any atom is 0.270 e. The number of nitro groups is 1. The van der Waals surface area contributed by atoms with Crippen molar-refractivity contribution in [2.45, 2.75) is 6.54 Å². The Labute approximate surface area is 171 Å². The van der Waals surface area contributed by atoms with Gasteiger partial charge >= 0.3 is 0 Å². The molecule has 28 heavy (non-hydrogen) atoms. The normalized spacial score (nSPS) is 10.8. The van der Waals surface area contributed by atoms with Gasteiger partial charge in [0, 0.05) is 24.2 Å². The second-order valence-corrected chi connectivity index (χ2v) is 6.48. The van der Waals surface area contributed by atoms with Gasteiger partial charge in [-0.3, -0.25) is 15.5 Å². The fourth-order valence-electron chi connectivity index (χ4n) is 2.36. The van der Waals surface area contributed by atoms with Crippen molar-refractivity contribution in [3.05, 3.63) is 87.1 Å². The molecule has 0 aliphatic rings. The molecule has 142 valence electrons. The van der Waals surface area contributed by atoms with Gasteiger partial charge in [-0.05, 0) is 36.0 Å². The van der Waals surface area contributed by atoms with E-state index in [4.69, 9.17) is 28.2 Å². The Morgan fingerprint density at radius 2 is 2.00 bits per heavy atom. The van der Waals surface area contributed by atoms with E-state index in [-0.39, 0.29) is 10.7 Å². The molecule has 0 amide bonds. The summed E-state index contributed by atoms with van der Waals surface area (Å²) in [5, 5.41) is 18.5. The molecule has 1 heterocycles. The van der Waals surface area contributed by atoms with Crippen LogP contribution in [0.3, 0.4) is 0 Å². The lowest BCUT2D eigenvalue weighted by atomic mass is 10.1. The Kier molecular flexibility index (Phi) is 6.36. The van der Waals surface area contributed by atoms with Crippen LogP contribution in [0.4, 0.5) is 5.69 Å². The SMILES string of the molecule is O=[N+]([O-])c1ccc(-c2ccc(C=NNC(=S)NCc3ccccc3)o2)c(Cl)c1. The number of furan rings is 1. The molecule has 2 aromatic carbocycles. The summed E-state index contributed by atoms with van der Waals surface area (Å²) < 4.78 is 5.65. The maximum atomic E-state index is 10.8. The number of nitrogens with zero attached hydrogens (tertiary/aromatic N) is 2. The van der Waals surface area contributed by atoms with Crippen LogP contribution in [-0.2, 0) is 6.54 Å². The molecule has 0 fully saturated rings. The Morgan fingerprint density at radius 3 is 2.71 bits per heavy atom. The number of hydrogen-bond acceptors (Lipinski definition) is 5. The summed E-state index contributed by atoms with van der Waals surface area (Å²) in [4.78, 5) is 10.3. The van der Waals surface area contributed by atoms with Gasteiger partial charge in [0.15, 0.2) is 5.11 Å². The highest BCUT2D eigenvalue weighted by Crippen LogP contribution is 2.31. The minimum absolute atomic E-state index is 0.0807. The van der Waals surface area contributed by atoms with E-state index in [0.717, 1.165) is 5.56 Å². The zero-order valence-corrected chi connectivity index (χ0v) is 16.0. The number of nitrogens with one attached hydrogen (secondary N) is 2. The molecule has 0 aliphatic carbocycles. The van der Waals surface area contributed by atoms with E-state index in [1.54, 1.807) is 18.2 Å². The number of rotatable bonds is 6. The standard InChI is InChI=1S/C19H15ClN4O3S/c20-17-10-14(24(25)26)6-8-16(17)18-9-7-15(27-18)12-22-23-19(28)21-11-13-4-2-1-3-5-13/h1-10,12H,11H2,(H2,21,23,28). The van der Waals surface area contributed by atoms with Gasteiger partial charge in [0.25, 0.3) is 5.69 Å². The Balaban J connectivity index is 1.57. The first-order chi connectivity index (χ1) is 13.5. The number of benzene rings is 2. The molecule has 3 aromatic rings. The van der Waals surface area contributed by atoms with Crippen molar-refractivity contribution >= 4 is 40.8 Å². The van der Waals surface area contributed by atoms with Crippen LogP contribution in [0.15, 0.2) is 70.2 Å². The first-order valence-electron chi connectivity index (χ1n) is 8.18. The summed E-state index contributed by atoms with van der Waals surface area (Å²) in [5.41, 5.74) is 4.29. The van der Waals surface area contributed by atoms with E-state index in [0.29, 0.717) is 28.7 Å². The zero-order valence-electron chi connectivity index (χ0n) is 14.5. The van der Waals surface area contributed by atoms with Gasteiger partial charge in [-0.1, -0.05) is 41.9 Å². The Bertz CT molecular complexity index is 1020. The van der Waals surface area contributed by atoms with Crippen LogP contribution in [0, 0.1) is 10.1 Å². The fourth-order valence-corrected chi connectivity index (χ4v) is 2.75. The van der Waals surface area contributed by atoms with Crippen molar-refractivity contribution < 1.29 is 9.34 Å². The lowest BCUT2D eigenvalue weighted by molar-refractivity contribution is -0.384. The van der Waals surface area contributed by atoms with Gasteiger partial charge in [0.1, 0.15) is 11.5 Å². The molecular formula is C19H15ClN4O3S. The number of halogens is 1. The molecule has 0 atom stereocenters. The van der Waals surface area contributed by atoms with Gasteiger partial charge in [0.2, 0.25) is 0 Å². The summed E-state index contributed by atoms with van der Waals surface area (Å²) in [7, 11) is 0. The number of hydrogen-bond donors (Lipinski definition) is 2. The van der Waals surface area contributed by atoms with E-state index in [2.05, 4.69) is 15.8 Å². The van der Waals surface area contributed by atoms with Crippen LogP contribution in [0.5, 0.6) is 0 Å². The average Bonchev–Trinajstić information content (AvgIpc) is 3.15. The van der Waals surface area contributed by atoms with Gasteiger partial charge < -0.3 is 9.73 Å². The van der Waals surface area contributed by atoms with Crippen LogP contribution in [0.2, 0.25) is 5.02 Å². The Hall–Kier alpha value is -3.23. The average molecular weight is 415 g/mol. The van der Waals surface area contributed by atoms with Gasteiger partial charge in [0.05, 0.1) is 16.2 Å². The van der Waals surface area contributed by atoms with Crippen molar-refractivity contribution in [3.8, 4) is 11.3 Å². The minimum Gasteiger partial charge on any atom is -0.455 e. The minimum atomic E-state index is -0.504. The third kappa shape index (κ3) is 5.15. The predicted octanol–water partition coefficient (Wildman–Crippen LogP) is 4.51. The molecular weight excluding hydrogens is 400 g/mol. The maximum absolute atomic E-state index is 10.8. The topological polar surface area (TPSA) is 92.7 Å². The van der Waals surface area contributed by atoms with E-state index in [1.807, 2.05) is 30.3 Å². The molecule has 2 N–H and O–H groups in total. The third-order valence-electron chi connectivity index (χ3n) is 3.71. The molecule has 1 aromatic heterocycles. The summed E-state index contributed by atoms with van der Waals surface area (Å²) in [6, 6.07) is 17.5. The van der Waals surface area contributed by atoms with Crippen LogP contribution in [0.1, 0.15) is 11.3 Å². The Morgan fingerprint density at radius 1 is 1.21 bits per heavy atom. The van der Waals surface area contributed by atoms with E-state index < -0.39 is 4.92 Å². The summed E-state index contributed by atoms with van der Waals surface area (Å²) in [6.45, 7) is 0.589. The predicted molar refractivity (Wildman–Crippen MR) is 112 cm³/mol. The lowest BCUT2D eigenvalue weighted by Crippen LogP contribution is -2.31. The largest absolute Gasteiger partial charge is 0.455 e. The monoisotopic (exact) mass is 414 g/mol. The fraction of sp³-hybridized carbons (Fsp3) is 0.0526. The van der Waals surface area contributed by atoms with Crippen molar-refractivity contribution in [1.29, 1.82) is 0 Å². The van der Waals surface area contributed by atoms with Gasteiger partial charge in [-0.25, -0.2) is 0 Å². The molecule has 3 rings (SSSR count). The van der Waals surface area contributed by atoms with Gasteiger partial charge in [-0.15, -0.1) is 0 Å². The number of nitro benzene ring substituents is 1. The number of non-ortho nitro benzene ring substituents is 1. The van der Waals surface area contributed by atoms with Gasteiger partial charge in [-0.2, -0.15) is 5.10 Å². The molecule has 0 saturated carbocycles. The first kappa shape index (κ1) is 19.5. The third-order valence-corrected chi connectivity index (χ3v) is 4.26. The molecule has 0 bridgehead atoms. The smallest absolute Gasteiger partial charge is 0.270 e. The second-order valence-electron chi connectivity index (χ2n) is 5.66. The highest BCUT2D eigenvalue weighted by molar-refractivity contribution is 7.80. The number of hydrazone groups is 1. The molecule has 0 spiro atoms. The summed E-state index contributed by atoms with van der Waals surface area (Å²) >= 11 is 11.3. The van der Waals surface area contributed by atoms with Crippen LogP contribution in [-0.4, -0.2) is 16.3 Å². The van der Waals surface area contributed by atoms with Crippen molar-refractivity contribution in [2.24, 2.45) is 5.10 Å². The van der Waals surface area contributed by atoms with Crippen LogP contribution >= 0.6 is 23.8 Å². The van der Waals surface area contributed by atoms with Crippen molar-refractivity contribution in [1.82, 2.24) is 10.7 Å². The van der Waals surface area contributed by atoms with Crippen molar-refractivity contribution in [3.63, 3.8) is 0 Å².